The zero-order valence-corrected chi connectivity index (χ0v) is 10.9. The molecule has 3 nitrogen and oxygen atoms in total. The summed E-state index contributed by atoms with van der Waals surface area (Å²) in [5.74, 6) is 1.90. The second kappa shape index (κ2) is 5.19. The molecule has 16 heavy (non-hydrogen) atoms. The zero-order chi connectivity index (χ0) is 11.5. The summed E-state index contributed by atoms with van der Waals surface area (Å²) in [4.78, 5) is 19.0. The molecule has 1 aromatic heterocycles. The van der Waals surface area contributed by atoms with Crippen molar-refractivity contribution in [1.29, 1.82) is 0 Å². The van der Waals surface area contributed by atoms with Gasteiger partial charge in [-0.3, -0.25) is 4.79 Å². The highest BCUT2D eigenvalue weighted by Crippen LogP contribution is 2.42. The summed E-state index contributed by atoms with van der Waals surface area (Å²) in [6.07, 6.45) is 3.98. The van der Waals surface area contributed by atoms with Crippen molar-refractivity contribution in [1.82, 2.24) is 9.97 Å². The molecule has 0 N–H and O–H groups in total. The first kappa shape index (κ1) is 11.9. The number of hydrogen-bond acceptors (Lipinski definition) is 5. The van der Waals surface area contributed by atoms with Gasteiger partial charge in [0.15, 0.2) is 6.29 Å². The summed E-state index contributed by atoms with van der Waals surface area (Å²) in [6, 6.07) is 0. The Morgan fingerprint density at radius 1 is 1.31 bits per heavy atom. The Labute approximate surface area is 104 Å². The Hall–Kier alpha value is -0.550. The van der Waals surface area contributed by atoms with Crippen LogP contribution in [-0.2, 0) is 0 Å². The Morgan fingerprint density at radius 3 is 2.56 bits per heavy atom. The molecule has 0 saturated carbocycles. The smallest absolute Gasteiger partial charge is 0.153 e. The van der Waals surface area contributed by atoms with Gasteiger partial charge >= 0.3 is 0 Å². The summed E-state index contributed by atoms with van der Waals surface area (Å²) in [7, 11) is 0. The monoisotopic (exact) mass is 254 g/mol. The number of thioether (sulfide) groups is 2. The highest BCUT2D eigenvalue weighted by atomic mass is 32.2. The molecule has 0 aliphatic carbocycles. The summed E-state index contributed by atoms with van der Waals surface area (Å²) in [5, 5.41) is 1.67. The Balaban J connectivity index is 2.09. The summed E-state index contributed by atoms with van der Waals surface area (Å²) >= 11 is 3.90. The van der Waals surface area contributed by atoms with Crippen LogP contribution in [0.3, 0.4) is 0 Å². The lowest BCUT2D eigenvalue weighted by Gasteiger charge is -2.30. The maximum absolute atomic E-state index is 10.5. The average molecular weight is 254 g/mol. The van der Waals surface area contributed by atoms with Gasteiger partial charge in [0.25, 0.3) is 0 Å². The van der Waals surface area contributed by atoms with E-state index in [9.17, 15) is 4.79 Å². The number of aromatic nitrogens is 2. The van der Waals surface area contributed by atoms with Crippen LogP contribution in [0.5, 0.6) is 0 Å². The van der Waals surface area contributed by atoms with E-state index in [4.69, 9.17) is 0 Å². The van der Waals surface area contributed by atoms with Crippen LogP contribution >= 0.6 is 23.5 Å². The van der Waals surface area contributed by atoms with E-state index in [-0.39, 0.29) is 0 Å². The third-order valence-electron chi connectivity index (χ3n) is 2.67. The molecule has 0 amide bonds. The van der Waals surface area contributed by atoms with Crippen LogP contribution in [0.2, 0.25) is 0 Å². The molecule has 2 heterocycles. The van der Waals surface area contributed by atoms with Crippen molar-refractivity contribution in [2.75, 3.05) is 5.75 Å². The molecule has 2 rings (SSSR count). The largest absolute Gasteiger partial charge is 0.298 e. The van der Waals surface area contributed by atoms with Gasteiger partial charge in [-0.2, -0.15) is 11.8 Å². The average Bonchev–Trinajstić information content (AvgIpc) is 2.33. The predicted octanol–water partition coefficient (Wildman–Crippen LogP) is 2.59. The third kappa shape index (κ3) is 2.58. The molecule has 1 aliphatic rings. The quantitative estimate of drug-likeness (QED) is 0.759. The van der Waals surface area contributed by atoms with E-state index in [1.165, 1.54) is 0 Å². The maximum atomic E-state index is 10.5. The molecule has 3 unspecified atom stereocenters. The molecule has 0 spiro atoms. The Bertz CT molecular complexity index is 369. The minimum atomic E-state index is 0.358. The van der Waals surface area contributed by atoms with Crippen LogP contribution in [0.1, 0.15) is 35.3 Å². The fraction of sp³-hybridized carbons (Fsp3) is 0.545. The van der Waals surface area contributed by atoms with Crippen LogP contribution in [0, 0.1) is 0 Å². The summed E-state index contributed by atoms with van der Waals surface area (Å²) in [6.45, 7) is 4.50. The maximum Gasteiger partial charge on any atom is 0.153 e. The van der Waals surface area contributed by atoms with E-state index in [2.05, 4.69) is 23.8 Å². The molecule has 3 atom stereocenters. The molecule has 1 saturated heterocycles. The van der Waals surface area contributed by atoms with E-state index in [0.29, 0.717) is 21.3 Å². The van der Waals surface area contributed by atoms with Gasteiger partial charge in [-0.05, 0) is 0 Å². The summed E-state index contributed by atoms with van der Waals surface area (Å²) in [5.41, 5.74) is 0.540. The number of carbonyl (C=O) groups excluding carboxylic acids is 1. The van der Waals surface area contributed by atoms with Crippen LogP contribution in [0.15, 0.2) is 12.4 Å². The van der Waals surface area contributed by atoms with Gasteiger partial charge in [-0.15, -0.1) is 11.8 Å². The van der Waals surface area contributed by atoms with Gasteiger partial charge in [0, 0.05) is 28.6 Å². The normalized spacial score (nSPS) is 30.0. The predicted molar refractivity (Wildman–Crippen MR) is 69.1 cm³/mol. The topological polar surface area (TPSA) is 42.9 Å². The first-order valence-electron chi connectivity index (χ1n) is 5.25. The van der Waals surface area contributed by atoms with Crippen LogP contribution in [0.25, 0.3) is 0 Å². The van der Waals surface area contributed by atoms with Gasteiger partial charge in [0.2, 0.25) is 0 Å². The highest BCUT2D eigenvalue weighted by Gasteiger charge is 2.28. The molecule has 86 valence electrons. The van der Waals surface area contributed by atoms with E-state index < -0.39 is 0 Å². The molecule has 5 heteroatoms. The van der Waals surface area contributed by atoms with Crippen molar-refractivity contribution in [3.8, 4) is 0 Å². The van der Waals surface area contributed by atoms with Crippen LogP contribution in [-0.4, -0.2) is 32.5 Å². The van der Waals surface area contributed by atoms with Gasteiger partial charge in [0.05, 0.1) is 10.8 Å². The fourth-order valence-corrected chi connectivity index (χ4v) is 4.35. The Kier molecular flexibility index (Phi) is 3.86. The lowest BCUT2D eigenvalue weighted by atomic mass is 10.3. The number of hydrogen-bond donors (Lipinski definition) is 0. The van der Waals surface area contributed by atoms with Gasteiger partial charge in [-0.1, -0.05) is 13.8 Å². The molecule has 0 aromatic carbocycles. The second-order valence-corrected chi connectivity index (χ2v) is 6.86. The standard InChI is InChI=1S/C11H14N2OS2/c1-7-8(2)16-10(6-15-7)11-12-3-9(5-14)4-13-11/h3-5,7-8,10H,6H2,1-2H3. The summed E-state index contributed by atoms with van der Waals surface area (Å²) < 4.78 is 0. The molecule has 1 aromatic rings. The zero-order valence-electron chi connectivity index (χ0n) is 9.29. The van der Waals surface area contributed by atoms with Crippen molar-refractivity contribution in [2.24, 2.45) is 0 Å². The number of aldehydes is 1. The van der Waals surface area contributed by atoms with Crippen molar-refractivity contribution < 1.29 is 4.79 Å². The second-order valence-electron chi connectivity index (χ2n) is 3.86. The highest BCUT2D eigenvalue weighted by molar-refractivity contribution is 8.07. The van der Waals surface area contributed by atoms with Crippen LogP contribution < -0.4 is 0 Å². The molecule has 0 radical (unpaired) electrons. The fourth-order valence-electron chi connectivity index (χ4n) is 1.49. The lowest BCUT2D eigenvalue weighted by molar-refractivity contribution is 0.112. The van der Waals surface area contributed by atoms with Gasteiger partial charge in [-0.25, -0.2) is 9.97 Å². The van der Waals surface area contributed by atoms with Crippen molar-refractivity contribution in [3.63, 3.8) is 0 Å². The SMILES string of the molecule is CC1SCC(c2ncc(C=O)cn2)SC1C. The minimum absolute atomic E-state index is 0.358. The van der Waals surface area contributed by atoms with Gasteiger partial charge < -0.3 is 0 Å². The molecule has 1 fully saturated rings. The molecular formula is C11H14N2OS2. The van der Waals surface area contributed by atoms with E-state index in [1.54, 1.807) is 12.4 Å². The van der Waals surface area contributed by atoms with E-state index >= 15 is 0 Å². The van der Waals surface area contributed by atoms with Crippen molar-refractivity contribution >= 4 is 29.8 Å². The van der Waals surface area contributed by atoms with Gasteiger partial charge in [0.1, 0.15) is 5.82 Å². The first-order chi connectivity index (χ1) is 7.70. The van der Waals surface area contributed by atoms with Crippen LogP contribution in [0.4, 0.5) is 0 Å². The van der Waals surface area contributed by atoms with Crippen molar-refractivity contribution in [3.05, 3.63) is 23.8 Å². The molecule has 1 aliphatic heterocycles. The third-order valence-corrected chi connectivity index (χ3v) is 6.05. The number of nitrogens with zero attached hydrogens (tertiary/aromatic N) is 2. The lowest BCUT2D eigenvalue weighted by Crippen LogP contribution is -2.22. The molecular weight excluding hydrogens is 240 g/mol. The first-order valence-corrected chi connectivity index (χ1v) is 7.24. The van der Waals surface area contributed by atoms with Crippen molar-refractivity contribution in [2.45, 2.75) is 29.6 Å². The number of carbonyl (C=O) groups is 1. The number of rotatable bonds is 2. The molecule has 0 bridgehead atoms. The minimum Gasteiger partial charge on any atom is -0.298 e. The van der Waals surface area contributed by atoms with E-state index in [1.807, 2.05) is 23.5 Å². The Morgan fingerprint density at radius 2 is 2.00 bits per heavy atom. The van der Waals surface area contributed by atoms with E-state index in [0.717, 1.165) is 17.9 Å².